The number of carbonyl (C=O) groups excluding carboxylic acids is 1. The first kappa shape index (κ1) is 5.74. The maximum atomic E-state index is 9.93. The second-order valence-corrected chi connectivity index (χ2v) is 1.43. The highest BCUT2D eigenvalue weighted by Gasteiger charge is 1.89. The van der Waals surface area contributed by atoms with Crippen LogP contribution in [0, 0.1) is 6.92 Å². The fraction of sp³-hybridized carbons (Fsp3) is 0.250. The standard InChI is InChI=1S/C4H5NO4/c1-4-2-5(3-6)8-9-7-4/h2-3H,1H3. The zero-order valence-electron chi connectivity index (χ0n) is 4.73. The molecule has 0 bridgehead atoms. The summed E-state index contributed by atoms with van der Waals surface area (Å²) in [6.07, 6.45) is 1.79. The molecule has 1 heterocycles. The van der Waals surface area contributed by atoms with Gasteiger partial charge in [-0.05, 0) is 0 Å². The predicted molar refractivity (Wildman–Crippen MR) is 25.7 cm³/mol. The topological polar surface area (TPSA) is 61.4 Å². The van der Waals surface area contributed by atoms with Crippen LogP contribution >= 0.6 is 0 Å². The number of rotatable bonds is 1. The van der Waals surface area contributed by atoms with Gasteiger partial charge in [0.2, 0.25) is 0 Å². The van der Waals surface area contributed by atoms with E-state index in [0.717, 1.165) is 4.74 Å². The number of hydrogen-bond donors (Lipinski definition) is 0. The van der Waals surface area contributed by atoms with Crippen LogP contribution in [0.2, 0.25) is 0 Å². The first-order valence-electron chi connectivity index (χ1n) is 2.26. The zero-order valence-corrected chi connectivity index (χ0v) is 4.73. The van der Waals surface area contributed by atoms with Crippen molar-refractivity contribution in [1.29, 1.82) is 0 Å². The van der Waals surface area contributed by atoms with Crippen molar-refractivity contribution in [2.24, 2.45) is 0 Å². The molecule has 0 aliphatic carbocycles. The molecule has 0 spiro atoms. The molecule has 0 aromatic carbocycles. The van der Waals surface area contributed by atoms with E-state index in [1.54, 1.807) is 6.92 Å². The van der Waals surface area contributed by atoms with Crippen LogP contribution < -0.4 is 0 Å². The molecular formula is C4H5NO4. The smallest absolute Gasteiger partial charge is 0.251 e. The second-order valence-electron chi connectivity index (χ2n) is 1.43. The number of aryl methyl sites for hydroxylation is 1. The normalized spacial score (nSPS) is 9.00. The molecular weight excluding hydrogens is 126 g/mol. The van der Waals surface area contributed by atoms with Gasteiger partial charge in [0, 0.05) is 6.92 Å². The van der Waals surface area contributed by atoms with Gasteiger partial charge >= 0.3 is 0 Å². The lowest BCUT2D eigenvalue weighted by Crippen LogP contribution is -1.93. The van der Waals surface area contributed by atoms with Gasteiger partial charge in [0.25, 0.3) is 6.41 Å². The molecule has 0 saturated carbocycles. The van der Waals surface area contributed by atoms with Crippen LogP contribution in [-0.2, 0) is 4.79 Å². The summed E-state index contributed by atoms with van der Waals surface area (Å²) in [7, 11) is 0. The summed E-state index contributed by atoms with van der Waals surface area (Å²) in [5.41, 5.74) is 0. The lowest BCUT2D eigenvalue weighted by atomic mass is 10.6. The third-order valence-electron chi connectivity index (χ3n) is 0.695. The van der Waals surface area contributed by atoms with Crippen LogP contribution in [0.3, 0.4) is 0 Å². The Hall–Kier alpha value is -1.39. The maximum Gasteiger partial charge on any atom is 0.251 e. The van der Waals surface area contributed by atoms with Crippen molar-refractivity contribution in [2.45, 2.75) is 6.92 Å². The zero-order chi connectivity index (χ0) is 6.69. The molecule has 0 fully saturated rings. The van der Waals surface area contributed by atoms with Crippen LogP contribution in [0.15, 0.2) is 20.2 Å². The van der Waals surface area contributed by atoms with Crippen molar-refractivity contribution < 1.29 is 18.8 Å². The molecule has 0 atom stereocenters. The summed E-state index contributed by atoms with van der Waals surface area (Å²) < 4.78 is 13.4. The third kappa shape index (κ3) is 1.25. The molecule has 0 aliphatic rings. The summed E-state index contributed by atoms with van der Waals surface area (Å²) in [6, 6.07) is 0. The molecule has 0 amide bonds. The lowest BCUT2D eigenvalue weighted by Gasteiger charge is -1.89. The summed E-state index contributed by atoms with van der Waals surface area (Å²) in [5.74, 6) is 0.452. The molecule has 1 aromatic rings. The van der Waals surface area contributed by atoms with Gasteiger partial charge < -0.3 is 0 Å². The minimum atomic E-state index is 0.450. The number of carbonyl (C=O) groups is 1. The summed E-state index contributed by atoms with van der Waals surface area (Å²) in [4.78, 5) is 9.93. The van der Waals surface area contributed by atoms with E-state index in [2.05, 4.69) is 14.0 Å². The molecule has 1 aromatic heterocycles. The molecule has 9 heavy (non-hydrogen) atoms. The van der Waals surface area contributed by atoms with E-state index in [0.29, 0.717) is 12.2 Å². The van der Waals surface area contributed by atoms with E-state index >= 15 is 0 Å². The lowest BCUT2D eigenvalue weighted by molar-refractivity contribution is -0.230. The van der Waals surface area contributed by atoms with Crippen LogP contribution in [0.5, 0.6) is 0 Å². The Labute approximate surface area is 50.0 Å². The Morgan fingerprint density at radius 1 is 1.78 bits per heavy atom. The molecule has 0 saturated heterocycles. The molecule has 50 valence electrons. The first-order valence-corrected chi connectivity index (χ1v) is 2.26. The SMILES string of the molecule is Cc1cn(C=O)ooo1. The van der Waals surface area contributed by atoms with Gasteiger partial charge in [0.15, 0.2) is 5.76 Å². The van der Waals surface area contributed by atoms with Gasteiger partial charge in [0.05, 0.1) is 6.20 Å². The summed E-state index contributed by atoms with van der Waals surface area (Å²) in [5, 5.41) is 0. The van der Waals surface area contributed by atoms with Crippen molar-refractivity contribution in [2.75, 3.05) is 0 Å². The average molecular weight is 131 g/mol. The van der Waals surface area contributed by atoms with Crippen molar-refractivity contribution >= 4 is 6.41 Å². The van der Waals surface area contributed by atoms with Crippen LogP contribution in [0.25, 0.3) is 0 Å². The fourth-order valence-electron chi connectivity index (χ4n) is 0.374. The average Bonchev–Trinajstić information content (AvgIpc) is 1.88. The highest BCUT2D eigenvalue weighted by molar-refractivity contribution is 5.48. The maximum absolute atomic E-state index is 9.93. The van der Waals surface area contributed by atoms with E-state index in [1.807, 2.05) is 0 Å². The van der Waals surface area contributed by atoms with Gasteiger partial charge in [-0.2, -0.15) is 0 Å². The summed E-state index contributed by atoms with van der Waals surface area (Å²) >= 11 is 0. The minimum Gasteiger partial charge on any atom is -0.275 e. The predicted octanol–water partition coefficient (Wildman–Crippen LogP) is 0.738. The third-order valence-corrected chi connectivity index (χ3v) is 0.695. The Morgan fingerprint density at radius 2 is 2.56 bits per heavy atom. The van der Waals surface area contributed by atoms with E-state index in [1.165, 1.54) is 6.20 Å². The largest absolute Gasteiger partial charge is 0.275 e. The highest BCUT2D eigenvalue weighted by atomic mass is 17.3. The van der Waals surface area contributed by atoms with Crippen molar-refractivity contribution in [3.05, 3.63) is 12.0 Å². The van der Waals surface area contributed by atoms with Crippen LogP contribution in [0.1, 0.15) is 5.76 Å². The molecule has 0 aliphatic heterocycles. The highest BCUT2D eigenvalue weighted by Crippen LogP contribution is 1.92. The van der Waals surface area contributed by atoms with E-state index in [4.69, 9.17) is 0 Å². The molecule has 0 radical (unpaired) electrons. The van der Waals surface area contributed by atoms with E-state index < -0.39 is 0 Å². The summed E-state index contributed by atoms with van der Waals surface area (Å²) in [6.45, 7) is 1.62. The first-order chi connectivity index (χ1) is 4.33. The van der Waals surface area contributed by atoms with Gasteiger partial charge in [0.1, 0.15) is 0 Å². The minimum absolute atomic E-state index is 0.450. The number of hydrogen-bond acceptors (Lipinski definition) is 4. The van der Waals surface area contributed by atoms with Crippen LogP contribution in [-0.4, -0.2) is 11.1 Å². The van der Waals surface area contributed by atoms with Gasteiger partial charge in [-0.15, -0.1) is 9.42 Å². The number of aromatic nitrogens is 1. The Kier molecular flexibility index (Phi) is 1.44. The molecule has 0 unspecified atom stereocenters. The van der Waals surface area contributed by atoms with Gasteiger partial charge in [-0.25, -0.2) is 0 Å². The van der Waals surface area contributed by atoms with Crippen LogP contribution in [0.4, 0.5) is 0 Å². The van der Waals surface area contributed by atoms with E-state index in [-0.39, 0.29) is 0 Å². The Bertz CT molecular complexity index is 224. The molecule has 5 nitrogen and oxygen atoms in total. The number of nitrogens with zero attached hydrogens (tertiary/aromatic N) is 1. The quantitative estimate of drug-likeness (QED) is 0.416. The Balaban J connectivity index is 3.07. The van der Waals surface area contributed by atoms with Gasteiger partial charge in [-0.3, -0.25) is 9.37 Å². The fourth-order valence-corrected chi connectivity index (χ4v) is 0.374. The second kappa shape index (κ2) is 2.25. The van der Waals surface area contributed by atoms with Crippen molar-refractivity contribution in [1.82, 2.24) is 4.74 Å². The molecule has 1 rings (SSSR count). The van der Waals surface area contributed by atoms with Gasteiger partial charge in [-0.1, -0.05) is 4.74 Å². The molecule has 5 heteroatoms. The van der Waals surface area contributed by atoms with Crippen molar-refractivity contribution in [3.63, 3.8) is 0 Å². The Morgan fingerprint density at radius 3 is 3.00 bits per heavy atom. The monoisotopic (exact) mass is 131 g/mol. The molecule has 0 N–H and O–H groups in total. The van der Waals surface area contributed by atoms with E-state index in [9.17, 15) is 4.79 Å². The van der Waals surface area contributed by atoms with Crippen molar-refractivity contribution in [3.8, 4) is 0 Å².